The smallest absolute Gasteiger partial charge is 0.0900 e. The fourth-order valence-corrected chi connectivity index (χ4v) is 8.18. The Balaban J connectivity index is 1.33. The van der Waals surface area contributed by atoms with Crippen LogP contribution in [0.15, 0.2) is 195 Å². The molecule has 0 aliphatic heterocycles. The number of fused-ring (bicyclic) bond motifs is 4. The second-order valence-electron chi connectivity index (χ2n) is 13.4. The monoisotopic (exact) mass is 676 g/mol. The van der Waals surface area contributed by atoms with Gasteiger partial charge in [0.15, 0.2) is 0 Å². The molecule has 0 fully saturated rings. The van der Waals surface area contributed by atoms with E-state index in [1.165, 1.54) is 33.4 Å². The molecule has 0 radical (unpaired) electrons. The van der Waals surface area contributed by atoms with Crippen molar-refractivity contribution in [1.29, 1.82) is 0 Å². The predicted molar refractivity (Wildman–Crippen MR) is 214 cm³/mol. The minimum Gasteiger partial charge on any atom is -0.256 e. The van der Waals surface area contributed by atoms with Crippen molar-refractivity contribution in [3.63, 3.8) is 0 Å². The minimum atomic E-state index is -0.534. The Morgan fingerprint density at radius 3 is 1.60 bits per heavy atom. The number of hydrogen-bond acceptors (Lipinski definition) is 4. The van der Waals surface area contributed by atoms with Gasteiger partial charge in [-0.1, -0.05) is 115 Å². The molecule has 0 saturated heterocycles. The Hall–Kier alpha value is -7.04. The van der Waals surface area contributed by atoms with E-state index in [2.05, 4.69) is 133 Å². The van der Waals surface area contributed by atoms with E-state index in [1.54, 1.807) is 0 Å². The van der Waals surface area contributed by atoms with Gasteiger partial charge in [0.1, 0.15) is 0 Å². The van der Waals surface area contributed by atoms with Crippen molar-refractivity contribution in [2.24, 2.45) is 0 Å². The Morgan fingerprint density at radius 1 is 0.340 bits per heavy atom. The van der Waals surface area contributed by atoms with Gasteiger partial charge in [0.25, 0.3) is 0 Å². The van der Waals surface area contributed by atoms with Crippen LogP contribution in [-0.4, -0.2) is 19.9 Å². The summed E-state index contributed by atoms with van der Waals surface area (Å²) in [5.41, 5.74) is 15.4. The van der Waals surface area contributed by atoms with Crippen molar-refractivity contribution in [1.82, 2.24) is 19.9 Å². The van der Waals surface area contributed by atoms with Gasteiger partial charge in [-0.25, -0.2) is 4.98 Å². The standard InChI is InChI=1S/C49H32N4/c1-3-15-36(16-4-1)49(37-17-5-2-6-18-37)42-20-8-7-19-38(42)41-31-39(40(32-43(41)49)34-24-23-33-14-13-27-52-46(33)28-34)35-29-47(44-21-9-11-25-50-44)53-48(30-35)45-22-10-12-26-51-45/h1-32H. The molecule has 0 spiro atoms. The molecule has 4 heterocycles. The average Bonchev–Trinajstić information content (AvgIpc) is 3.54. The van der Waals surface area contributed by atoms with Crippen LogP contribution in [0.4, 0.5) is 0 Å². The van der Waals surface area contributed by atoms with E-state index in [-0.39, 0.29) is 0 Å². The molecule has 1 aliphatic rings. The molecule has 4 nitrogen and oxygen atoms in total. The molecular formula is C49H32N4. The molecule has 0 unspecified atom stereocenters. The third-order valence-corrected chi connectivity index (χ3v) is 10.5. The van der Waals surface area contributed by atoms with E-state index >= 15 is 0 Å². The number of rotatable bonds is 6. The molecule has 0 saturated carbocycles. The van der Waals surface area contributed by atoms with Gasteiger partial charge in [-0.2, -0.15) is 0 Å². The summed E-state index contributed by atoms with van der Waals surface area (Å²) in [6, 6.07) is 62.6. The average molecular weight is 677 g/mol. The van der Waals surface area contributed by atoms with Crippen molar-refractivity contribution in [3.05, 3.63) is 217 Å². The van der Waals surface area contributed by atoms with Crippen LogP contribution < -0.4 is 0 Å². The first-order valence-electron chi connectivity index (χ1n) is 17.9. The first kappa shape index (κ1) is 30.8. The maximum atomic E-state index is 5.12. The normalized spacial score (nSPS) is 12.7. The van der Waals surface area contributed by atoms with E-state index in [0.29, 0.717) is 0 Å². The van der Waals surface area contributed by atoms with Crippen molar-refractivity contribution >= 4 is 10.9 Å². The van der Waals surface area contributed by atoms with Crippen molar-refractivity contribution in [3.8, 4) is 56.2 Å². The lowest BCUT2D eigenvalue weighted by molar-refractivity contribution is 0.769. The number of aromatic nitrogens is 4. The molecule has 0 bridgehead atoms. The lowest BCUT2D eigenvalue weighted by Crippen LogP contribution is -2.28. The quantitative estimate of drug-likeness (QED) is 0.176. The van der Waals surface area contributed by atoms with Crippen LogP contribution in [0.5, 0.6) is 0 Å². The second-order valence-corrected chi connectivity index (χ2v) is 13.4. The van der Waals surface area contributed by atoms with E-state index in [9.17, 15) is 0 Å². The first-order valence-corrected chi connectivity index (χ1v) is 17.9. The van der Waals surface area contributed by atoms with Crippen LogP contribution in [-0.2, 0) is 5.41 Å². The number of pyridine rings is 4. The molecule has 4 aromatic heterocycles. The highest BCUT2D eigenvalue weighted by Crippen LogP contribution is 2.58. The van der Waals surface area contributed by atoms with E-state index in [4.69, 9.17) is 19.9 Å². The van der Waals surface area contributed by atoms with Crippen molar-refractivity contribution < 1.29 is 0 Å². The van der Waals surface area contributed by atoms with Crippen LogP contribution in [0.1, 0.15) is 22.3 Å². The van der Waals surface area contributed by atoms with Gasteiger partial charge < -0.3 is 0 Å². The first-order chi connectivity index (χ1) is 26.3. The van der Waals surface area contributed by atoms with Gasteiger partial charge >= 0.3 is 0 Å². The zero-order chi connectivity index (χ0) is 35.2. The maximum Gasteiger partial charge on any atom is 0.0900 e. The van der Waals surface area contributed by atoms with E-state index in [0.717, 1.165) is 55.9 Å². The van der Waals surface area contributed by atoms with Crippen LogP contribution in [0.2, 0.25) is 0 Å². The summed E-state index contributed by atoms with van der Waals surface area (Å²) in [6.07, 6.45) is 5.50. The van der Waals surface area contributed by atoms with Crippen LogP contribution in [0.25, 0.3) is 67.1 Å². The third-order valence-electron chi connectivity index (χ3n) is 10.5. The largest absolute Gasteiger partial charge is 0.256 e. The molecule has 5 aromatic carbocycles. The lowest BCUT2D eigenvalue weighted by Gasteiger charge is -2.34. The van der Waals surface area contributed by atoms with Gasteiger partial charge in [-0.15, -0.1) is 0 Å². The SMILES string of the molecule is c1ccc(C2(c3ccccc3)c3ccccc3-c3cc(-c4cc(-c5ccccn5)nc(-c5ccccn5)c4)c(-c4ccc5cccnc5c4)cc32)cc1. The zero-order valence-electron chi connectivity index (χ0n) is 28.8. The summed E-state index contributed by atoms with van der Waals surface area (Å²) in [6.45, 7) is 0. The summed E-state index contributed by atoms with van der Waals surface area (Å²) in [5.74, 6) is 0. The zero-order valence-corrected chi connectivity index (χ0v) is 28.8. The summed E-state index contributed by atoms with van der Waals surface area (Å²) in [5, 5.41) is 1.10. The molecule has 0 amide bonds. The maximum absolute atomic E-state index is 5.12. The Labute approximate surface area is 308 Å². The van der Waals surface area contributed by atoms with Crippen LogP contribution >= 0.6 is 0 Å². The van der Waals surface area contributed by atoms with Crippen LogP contribution in [0.3, 0.4) is 0 Å². The molecule has 0 atom stereocenters. The van der Waals surface area contributed by atoms with Crippen LogP contribution in [0, 0.1) is 0 Å². The molecule has 248 valence electrons. The van der Waals surface area contributed by atoms with Gasteiger partial charge in [0.05, 0.1) is 33.7 Å². The molecule has 0 N–H and O–H groups in total. The topological polar surface area (TPSA) is 51.6 Å². The number of benzene rings is 5. The third kappa shape index (κ3) is 5.07. The van der Waals surface area contributed by atoms with E-state index < -0.39 is 5.41 Å². The van der Waals surface area contributed by atoms with Gasteiger partial charge in [-0.3, -0.25) is 15.0 Å². The Morgan fingerprint density at radius 2 is 0.943 bits per heavy atom. The molecule has 4 heteroatoms. The summed E-state index contributed by atoms with van der Waals surface area (Å²) in [4.78, 5) is 19.3. The molecule has 9 aromatic rings. The van der Waals surface area contributed by atoms with Gasteiger partial charge in [0, 0.05) is 24.0 Å². The summed E-state index contributed by atoms with van der Waals surface area (Å²) in [7, 11) is 0. The molecule has 1 aliphatic carbocycles. The molecule has 10 rings (SSSR count). The highest BCUT2D eigenvalue weighted by atomic mass is 14.8. The Bertz CT molecular complexity index is 2670. The number of nitrogens with zero attached hydrogens (tertiary/aromatic N) is 4. The van der Waals surface area contributed by atoms with Gasteiger partial charge in [-0.05, 0) is 116 Å². The second kappa shape index (κ2) is 12.6. The fourth-order valence-electron chi connectivity index (χ4n) is 8.18. The molecular weight excluding hydrogens is 645 g/mol. The number of hydrogen-bond donors (Lipinski definition) is 0. The fraction of sp³-hybridized carbons (Fsp3) is 0.0204. The highest BCUT2D eigenvalue weighted by molar-refractivity contribution is 5.97. The lowest BCUT2D eigenvalue weighted by atomic mass is 9.67. The Kier molecular flexibility index (Phi) is 7.33. The summed E-state index contributed by atoms with van der Waals surface area (Å²) >= 11 is 0. The highest BCUT2D eigenvalue weighted by Gasteiger charge is 2.46. The predicted octanol–water partition coefficient (Wildman–Crippen LogP) is 11.5. The molecule has 53 heavy (non-hydrogen) atoms. The summed E-state index contributed by atoms with van der Waals surface area (Å²) < 4.78 is 0. The minimum absolute atomic E-state index is 0.534. The van der Waals surface area contributed by atoms with Crippen molar-refractivity contribution in [2.75, 3.05) is 0 Å². The van der Waals surface area contributed by atoms with Gasteiger partial charge in [0.2, 0.25) is 0 Å². The van der Waals surface area contributed by atoms with E-state index in [1.807, 2.05) is 61.1 Å². The van der Waals surface area contributed by atoms with Crippen molar-refractivity contribution in [2.45, 2.75) is 5.41 Å².